The fourth-order valence-corrected chi connectivity index (χ4v) is 2.53. The number of pyridine rings is 1. The van der Waals surface area contributed by atoms with E-state index in [-0.39, 0.29) is 0 Å². The molecular weight excluding hydrogens is 224 g/mol. The van der Waals surface area contributed by atoms with Gasteiger partial charge in [0.25, 0.3) is 0 Å². The zero-order valence-corrected chi connectivity index (χ0v) is 10.6. The van der Waals surface area contributed by atoms with E-state index in [0.29, 0.717) is 6.54 Å². The Bertz CT molecular complexity index is 563. The van der Waals surface area contributed by atoms with Crippen LogP contribution in [0, 0.1) is 0 Å². The molecule has 0 atom stereocenters. The Hall–Kier alpha value is -1.61. The van der Waals surface area contributed by atoms with Gasteiger partial charge in [-0.25, -0.2) is 4.98 Å². The highest BCUT2D eigenvalue weighted by Crippen LogP contribution is 2.33. The summed E-state index contributed by atoms with van der Waals surface area (Å²) in [5.74, 6) is 0.925. The van der Waals surface area contributed by atoms with Crippen LogP contribution in [0.15, 0.2) is 36.4 Å². The number of nitrogens with zero attached hydrogens (tertiary/aromatic N) is 2. The number of rotatable bonds is 3. The van der Waals surface area contributed by atoms with Crippen LogP contribution in [-0.4, -0.2) is 29.3 Å². The number of aliphatic hydroxyl groups is 1. The first-order valence-electron chi connectivity index (χ1n) is 6.46. The molecule has 3 rings (SSSR count). The fourth-order valence-electron chi connectivity index (χ4n) is 2.53. The number of fused-ring (bicyclic) bond motifs is 1. The second-order valence-electron chi connectivity index (χ2n) is 5.30. The van der Waals surface area contributed by atoms with Gasteiger partial charge in [0, 0.05) is 19.0 Å². The molecule has 1 aliphatic carbocycles. The molecule has 1 saturated carbocycles. The molecule has 1 aliphatic rings. The van der Waals surface area contributed by atoms with Gasteiger partial charge in [-0.1, -0.05) is 18.2 Å². The van der Waals surface area contributed by atoms with E-state index in [2.05, 4.69) is 17.1 Å². The quantitative estimate of drug-likeness (QED) is 0.898. The SMILES string of the molecule is CN(CC1(O)CCC1)c1ccc2ccccc2n1. The molecule has 0 unspecified atom stereocenters. The maximum Gasteiger partial charge on any atom is 0.129 e. The first kappa shape index (κ1) is 11.5. The molecule has 3 heteroatoms. The lowest BCUT2D eigenvalue weighted by atomic mass is 9.80. The molecule has 18 heavy (non-hydrogen) atoms. The van der Waals surface area contributed by atoms with Crippen LogP contribution >= 0.6 is 0 Å². The van der Waals surface area contributed by atoms with Gasteiger partial charge in [0.15, 0.2) is 0 Å². The molecule has 0 aliphatic heterocycles. The van der Waals surface area contributed by atoms with Crippen molar-refractivity contribution in [1.29, 1.82) is 0 Å². The van der Waals surface area contributed by atoms with Crippen LogP contribution in [0.2, 0.25) is 0 Å². The lowest BCUT2D eigenvalue weighted by Gasteiger charge is -2.39. The highest BCUT2D eigenvalue weighted by atomic mass is 16.3. The molecule has 1 fully saturated rings. The summed E-state index contributed by atoms with van der Waals surface area (Å²) in [4.78, 5) is 6.68. The van der Waals surface area contributed by atoms with Crippen molar-refractivity contribution in [3.8, 4) is 0 Å². The Morgan fingerprint density at radius 1 is 1.22 bits per heavy atom. The number of anilines is 1. The van der Waals surface area contributed by atoms with Crippen molar-refractivity contribution < 1.29 is 5.11 Å². The van der Waals surface area contributed by atoms with Gasteiger partial charge in [-0.2, -0.15) is 0 Å². The number of hydrogen-bond donors (Lipinski definition) is 1. The van der Waals surface area contributed by atoms with Crippen molar-refractivity contribution in [2.45, 2.75) is 24.9 Å². The van der Waals surface area contributed by atoms with Crippen molar-refractivity contribution in [3.63, 3.8) is 0 Å². The number of aromatic nitrogens is 1. The van der Waals surface area contributed by atoms with E-state index in [4.69, 9.17) is 0 Å². The molecular formula is C15H18N2O. The Morgan fingerprint density at radius 2 is 2.00 bits per heavy atom. The van der Waals surface area contributed by atoms with Gasteiger partial charge in [-0.3, -0.25) is 0 Å². The lowest BCUT2D eigenvalue weighted by molar-refractivity contribution is -0.0248. The van der Waals surface area contributed by atoms with Gasteiger partial charge in [0.05, 0.1) is 11.1 Å². The third kappa shape index (κ3) is 2.06. The van der Waals surface area contributed by atoms with Crippen molar-refractivity contribution in [2.24, 2.45) is 0 Å². The van der Waals surface area contributed by atoms with E-state index in [1.54, 1.807) is 0 Å². The third-order valence-electron chi connectivity index (χ3n) is 3.79. The molecule has 0 radical (unpaired) electrons. The Kier molecular flexibility index (Phi) is 2.71. The number of para-hydroxylation sites is 1. The zero-order valence-electron chi connectivity index (χ0n) is 10.6. The van der Waals surface area contributed by atoms with E-state index in [1.165, 1.54) is 0 Å². The smallest absolute Gasteiger partial charge is 0.129 e. The van der Waals surface area contributed by atoms with E-state index < -0.39 is 5.60 Å². The van der Waals surface area contributed by atoms with E-state index in [9.17, 15) is 5.11 Å². The predicted octanol–water partition coefficient (Wildman–Crippen LogP) is 2.59. The van der Waals surface area contributed by atoms with Gasteiger partial charge < -0.3 is 10.0 Å². The van der Waals surface area contributed by atoms with Crippen LogP contribution < -0.4 is 4.90 Å². The van der Waals surface area contributed by atoms with Crippen LogP contribution in [0.1, 0.15) is 19.3 Å². The summed E-state index contributed by atoms with van der Waals surface area (Å²) in [5, 5.41) is 11.3. The minimum Gasteiger partial charge on any atom is -0.388 e. The summed E-state index contributed by atoms with van der Waals surface area (Å²) in [7, 11) is 1.99. The highest BCUT2D eigenvalue weighted by Gasteiger charge is 2.35. The summed E-state index contributed by atoms with van der Waals surface area (Å²) in [6.07, 6.45) is 2.95. The molecule has 1 heterocycles. The number of likely N-dealkylation sites (N-methyl/N-ethyl adjacent to an activating group) is 1. The first-order chi connectivity index (χ1) is 8.66. The summed E-state index contributed by atoms with van der Waals surface area (Å²) >= 11 is 0. The van der Waals surface area contributed by atoms with Crippen molar-refractivity contribution in [1.82, 2.24) is 4.98 Å². The summed E-state index contributed by atoms with van der Waals surface area (Å²) < 4.78 is 0. The standard InChI is InChI=1S/C15H18N2O/c1-17(11-15(18)9-4-10-15)14-8-7-12-5-2-3-6-13(12)16-14/h2-3,5-8,18H,4,9-11H2,1H3. The zero-order chi connectivity index (χ0) is 12.6. The molecule has 0 saturated heterocycles. The van der Waals surface area contributed by atoms with Crippen molar-refractivity contribution >= 4 is 16.7 Å². The predicted molar refractivity (Wildman–Crippen MR) is 73.8 cm³/mol. The van der Waals surface area contributed by atoms with Crippen molar-refractivity contribution in [2.75, 3.05) is 18.5 Å². The van der Waals surface area contributed by atoms with Gasteiger partial charge in [-0.05, 0) is 37.5 Å². The molecule has 0 spiro atoms. The van der Waals surface area contributed by atoms with Crippen LogP contribution in [0.5, 0.6) is 0 Å². The van der Waals surface area contributed by atoms with Gasteiger partial charge in [-0.15, -0.1) is 0 Å². The highest BCUT2D eigenvalue weighted by molar-refractivity contribution is 5.80. The molecule has 94 valence electrons. The van der Waals surface area contributed by atoms with E-state index in [1.807, 2.05) is 36.2 Å². The largest absolute Gasteiger partial charge is 0.388 e. The van der Waals surface area contributed by atoms with Gasteiger partial charge in [0.1, 0.15) is 5.82 Å². The normalized spacial score (nSPS) is 17.4. The van der Waals surface area contributed by atoms with Crippen LogP contribution in [-0.2, 0) is 0 Å². The maximum atomic E-state index is 10.2. The second kappa shape index (κ2) is 4.25. The summed E-state index contributed by atoms with van der Waals surface area (Å²) in [6.45, 7) is 0.665. The topological polar surface area (TPSA) is 36.4 Å². The molecule has 1 aromatic carbocycles. The molecule has 1 aromatic heterocycles. The molecule has 0 bridgehead atoms. The van der Waals surface area contributed by atoms with Crippen LogP contribution in [0.25, 0.3) is 10.9 Å². The summed E-state index contributed by atoms with van der Waals surface area (Å²) in [6, 6.07) is 12.2. The third-order valence-corrected chi connectivity index (χ3v) is 3.79. The van der Waals surface area contributed by atoms with Crippen LogP contribution in [0.3, 0.4) is 0 Å². The minimum atomic E-state index is -0.498. The number of hydrogen-bond acceptors (Lipinski definition) is 3. The van der Waals surface area contributed by atoms with E-state index >= 15 is 0 Å². The Balaban J connectivity index is 1.84. The Labute approximate surface area is 107 Å². The number of benzene rings is 1. The second-order valence-corrected chi connectivity index (χ2v) is 5.30. The molecule has 0 amide bonds. The van der Waals surface area contributed by atoms with E-state index in [0.717, 1.165) is 36.0 Å². The molecule has 1 N–H and O–H groups in total. The van der Waals surface area contributed by atoms with Gasteiger partial charge in [0.2, 0.25) is 0 Å². The average molecular weight is 242 g/mol. The Morgan fingerprint density at radius 3 is 2.72 bits per heavy atom. The van der Waals surface area contributed by atoms with Crippen LogP contribution in [0.4, 0.5) is 5.82 Å². The van der Waals surface area contributed by atoms with Crippen molar-refractivity contribution in [3.05, 3.63) is 36.4 Å². The molecule has 2 aromatic rings. The lowest BCUT2D eigenvalue weighted by Crippen LogP contribution is -2.47. The fraction of sp³-hybridized carbons (Fsp3) is 0.400. The first-order valence-corrected chi connectivity index (χ1v) is 6.46. The average Bonchev–Trinajstić information content (AvgIpc) is 2.36. The molecule has 3 nitrogen and oxygen atoms in total. The maximum absolute atomic E-state index is 10.2. The van der Waals surface area contributed by atoms with Gasteiger partial charge >= 0.3 is 0 Å². The minimum absolute atomic E-state index is 0.498. The summed E-state index contributed by atoms with van der Waals surface area (Å²) in [5.41, 5.74) is 0.504. The monoisotopic (exact) mass is 242 g/mol.